The van der Waals surface area contributed by atoms with Gasteiger partial charge >= 0.3 is 0 Å². The number of unbranched alkanes of at least 4 members (excludes halogenated alkanes) is 5. The number of hydrogen-bond donors (Lipinski definition) is 0. The second kappa shape index (κ2) is 13.0. The van der Waals surface area contributed by atoms with Gasteiger partial charge in [0.1, 0.15) is 0 Å². The summed E-state index contributed by atoms with van der Waals surface area (Å²) in [5.41, 5.74) is 4.42. The summed E-state index contributed by atoms with van der Waals surface area (Å²) in [5, 5.41) is 0. The average molecular weight is 499 g/mol. The average Bonchev–Trinajstić information content (AvgIpc) is 2.94. The molecule has 3 aromatic carbocycles. The molecular weight excluding hydrogens is 458 g/mol. The van der Waals surface area contributed by atoms with Crippen LogP contribution < -0.4 is 0 Å². The summed E-state index contributed by atoms with van der Waals surface area (Å²) >= 11 is 0. The lowest BCUT2D eigenvalue weighted by Gasteiger charge is -2.32. The number of halogens is 2. The van der Waals surface area contributed by atoms with E-state index in [1.165, 1.54) is 44.9 Å². The minimum absolute atomic E-state index is 0.151. The van der Waals surface area contributed by atoms with Gasteiger partial charge in [-0.3, -0.25) is 0 Å². The van der Waals surface area contributed by atoms with E-state index in [-0.39, 0.29) is 5.41 Å². The molecule has 1 unspecified atom stereocenters. The van der Waals surface area contributed by atoms with Crippen LogP contribution in [0.1, 0.15) is 83.6 Å². The maximum absolute atomic E-state index is 15.3. The van der Waals surface area contributed by atoms with Gasteiger partial charge in [-0.1, -0.05) is 144 Å². The van der Waals surface area contributed by atoms with Crippen LogP contribution in [0.3, 0.4) is 0 Å². The Morgan fingerprint density at radius 2 is 1.24 bits per heavy atom. The summed E-state index contributed by atoms with van der Waals surface area (Å²) in [6.45, 7) is 4.48. The fourth-order valence-corrected chi connectivity index (χ4v) is 5.63. The smallest absolute Gasteiger partial charge is 0.167 e. The molecule has 0 aromatic heterocycles. The van der Waals surface area contributed by atoms with E-state index in [1.54, 1.807) is 12.1 Å². The Morgan fingerprint density at radius 3 is 1.92 bits per heavy atom. The Morgan fingerprint density at radius 1 is 0.622 bits per heavy atom. The molecule has 1 aliphatic carbocycles. The molecule has 0 spiro atoms. The monoisotopic (exact) mass is 498 g/mol. The molecule has 0 fully saturated rings. The number of rotatable bonds is 12. The van der Waals surface area contributed by atoms with Gasteiger partial charge in [0, 0.05) is 11.1 Å². The maximum atomic E-state index is 15.3. The van der Waals surface area contributed by atoms with Gasteiger partial charge in [0.25, 0.3) is 0 Å². The van der Waals surface area contributed by atoms with Crippen LogP contribution in [0.4, 0.5) is 8.78 Å². The van der Waals surface area contributed by atoms with Crippen LogP contribution in [-0.4, -0.2) is 0 Å². The molecule has 0 nitrogen and oxygen atoms in total. The van der Waals surface area contributed by atoms with Gasteiger partial charge in [-0.2, -0.15) is 0 Å². The topological polar surface area (TPSA) is 0 Å². The first-order valence-electron chi connectivity index (χ1n) is 14.1. The highest BCUT2D eigenvalue weighted by molar-refractivity contribution is 5.78. The molecule has 2 heteroatoms. The van der Waals surface area contributed by atoms with Crippen molar-refractivity contribution in [2.75, 3.05) is 0 Å². The highest BCUT2D eigenvalue weighted by Crippen LogP contribution is 2.42. The zero-order chi connectivity index (χ0) is 26.1. The van der Waals surface area contributed by atoms with Crippen molar-refractivity contribution in [1.29, 1.82) is 0 Å². The summed E-state index contributed by atoms with van der Waals surface area (Å²) in [7, 11) is 0. The first-order chi connectivity index (χ1) is 18.1. The maximum Gasteiger partial charge on any atom is 0.167 e. The third-order valence-corrected chi connectivity index (χ3v) is 7.82. The lowest BCUT2D eigenvalue weighted by Crippen LogP contribution is -2.19. The minimum Gasteiger partial charge on any atom is -0.203 e. The molecule has 0 radical (unpaired) electrons. The lowest BCUT2D eigenvalue weighted by atomic mass is 9.72. The highest BCUT2D eigenvalue weighted by atomic mass is 19.2. The molecule has 0 heterocycles. The number of hydrogen-bond acceptors (Lipinski definition) is 0. The lowest BCUT2D eigenvalue weighted by molar-refractivity contribution is 0.306. The van der Waals surface area contributed by atoms with Crippen molar-refractivity contribution in [3.8, 4) is 22.3 Å². The third kappa shape index (κ3) is 6.66. The van der Waals surface area contributed by atoms with Gasteiger partial charge in [0.2, 0.25) is 0 Å². The highest BCUT2D eigenvalue weighted by Gasteiger charge is 2.28. The molecule has 1 aliphatic rings. The molecule has 4 rings (SSSR count). The van der Waals surface area contributed by atoms with Crippen molar-refractivity contribution < 1.29 is 8.78 Å². The largest absolute Gasteiger partial charge is 0.203 e. The van der Waals surface area contributed by atoms with E-state index >= 15 is 8.78 Å². The minimum atomic E-state index is -0.781. The van der Waals surface area contributed by atoms with Gasteiger partial charge in [0.05, 0.1) is 0 Å². The molecule has 3 aromatic rings. The van der Waals surface area contributed by atoms with Gasteiger partial charge in [0.15, 0.2) is 11.6 Å². The quantitative estimate of drug-likeness (QED) is 0.218. The molecule has 194 valence electrons. The van der Waals surface area contributed by atoms with Gasteiger partial charge in [-0.05, 0) is 46.9 Å². The van der Waals surface area contributed by atoms with Gasteiger partial charge < -0.3 is 0 Å². The Bertz CT molecular complexity index is 1200. The summed E-state index contributed by atoms with van der Waals surface area (Å²) < 4.78 is 30.6. The van der Waals surface area contributed by atoms with E-state index in [0.29, 0.717) is 16.7 Å². The standard InChI is InChI=1S/C35H40F2/c1-3-5-6-7-8-12-24-35(23-4-2)25-21-30(22-26-35)32-20-19-31(33(36)34(32)37)29-17-15-28(16-18-29)27-13-10-9-11-14-27/h9-11,13-22,25H,3-8,12,23-24,26H2,1-2H3. The summed E-state index contributed by atoms with van der Waals surface area (Å²) in [6.07, 6.45) is 18.5. The molecule has 0 N–H and O–H groups in total. The molecule has 0 saturated heterocycles. The van der Waals surface area contributed by atoms with Crippen molar-refractivity contribution in [1.82, 2.24) is 0 Å². The fraction of sp³-hybridized carbons (Fsp3) is 0.371. The van der Waals surface area contributed by atoms with Crippen LogP contribution in [-0.2, 0) is 0 Å². The summed E-state index contributed by atoms with van der Waals surface area (Å²) in [4.78, 5) is 0. The normalized spacial score (nSPS) is 17.1. The number of benzene rings is 3. The zero-order valence-electron chi connectivity index (χ0n) is 22.4. The van der Waals surface area contributed by atoms with E-state index in [9.17, 15) is 0 Å². The van der Waals surface area contributed by atoms with Crippen LogP contribution in [0.5, 0.6) is 0 Å². The van der Waals surface area contributed by atoms with Crippen molar-refractivity contribution in [2.45, 2.75) is 78.1 Å². The SMILES string of the molecule is CCCCCCCCC1(CCC)C=CC(c2ccc(-c3ccc(-c4ccccc4)cc3)c(F)c2F)=CC1. The Labute approximate surface area is 222 Å². The Hall–Kier alpha value is -3.00. The van der Waals surface area contributed by atoms with Crippen molar-refractivity contribution in [3.63, 3.8) is 0 Å². The molecule has 0 bridgehead atoms. The first-order valence-corrected chi connectivity index (χ1v) is 14.1. The van der Waals surface area contributed by atoms with E-state index in [1.807, 2.05) is 60.7 Å². The van der Waals surface area contributed by atoms with E-state index in [4.69, 9.17) is 0 Å². The van der Waals surface area contributed by atoms with Gasteiger partial charge in [-0.25, -0.2) is 8.78 Å². The molecule has 37 heavy (non-hydrogen) atoms. The van der Waals surface area contributed by atoms with Crippen molar-refractivity contribution in [2.24, 2.45) is 5.41 Å². The second-order valence-electron chi connectivity index (χ2n) is 10.6. The molecule has 0 saturated carbocycles. The molecular formula is C35H40F2. The second-order valence-corrected chi connectivity index (χ2v) is 10.6. The third-order valence-electron chi connectivity index (χ3n) is 7.82. The van der Waals surface area contributed by atoms with Crippen LogP contribution in [0, 0.1) is 17.0 Å². The Kier molecular flexibility index (Phi) is 9.50. The van der Waals surface area contributed by atoms with Gasteiger partial charge in [-0.15, -0.1) is 0 Å². The zero-order valence-corrected chi connectivity index (χ0v) is 22.4. The van der Waals surface area contributed by atoms with Crippen LogP contribution >= 0.6 is 0 Å². The number of allylic oxidation sites excluding steroid dienone is 4. The van der Waals surface area contributed by atoms with E-state index in [2.05, 4.69) is 26.0 Å². The van der Waals surface area contributed by atoms with Crippen molar-refractivity contribution >= 4 is 5.57 Å². The van der Waals surface area contributed by atoms with E-state index < -0.39 is 11.6 Å². The Balaban J connectivity index is 1.47. The fourth-order valence-electron chi connectivity index (χ4n) is 5.63. The first kappa shape index (κ1) is 27.0. The summed E-state index contributed by atoms with van der Waals surface area (Å²) in [6, 6.07) is 21.1. The summed E-state index contributed by atoms with van der Waals surface area (Å²) in [5.74, 6) is -1.55. The van der Waals surface area contributed by atoms with Crippen LogP contribution in [0.25, 0.3) is 27.8 Å². The molecule has 0 amide bonds. The van der Waals surface area contributed by atoms with Crippen molar-refractivity contribution in [3.05, 3.63) is 102 Å². The van der Waals surface area contributed by atoms with Crippen LogP contribution in [0.2, 0.25) is 0 Å². The molecule has 0 aliphatic heterocycles. The van der Waals surface area contributed by atoms with E-state index in [0.717, 1.165) is 36.0 Å². The predicted molar refractivity (Wildman–Crippen MR) is 154 cm³/mol. The predicted octanol–water partition coefficient (Wildman–Crippen LogP) is 11.2. The van der Waals surface area contributed by atoms with Crippen LogP contribution in [0.15, 0.2) is 85.0 Å². The molecule has 1 atom stereocenters.